The van der Waals surface area contributed by atoms with Crippen molar-refractivity contribution in [2.45, 2.75) is 6.42 Å². The van der Waals surface area contributed by atoms with Crippen LogP contribution in [-0.2, 0) is 0 Å². The molecule has 0 atom stereocenters. The Hall–Kier alpha value is -1.95. The van der Waals surface area contributed by atoms with Crippen LogP contribution in [0.15, 0.2) is 23.1 Å². The van der Waals surface area contributed by atoms with Crippen LogP contribution in [0.4, 0.5) is 5.95 Å². The first-order valence-electron chi connectivity index (χ1n) is 5.10. The maximum Gasteiger partial charge on any atom is 0.278 e. The number of pyridine rings is 1. The van der Waals surface area contributed by atoms with Crippen molar-refractivity contribution in [2.75, 3.05) is 18.4 Å². The van der Waals surface area contributed by atoms with Gasteiger partial charge in [-0.3, -0.25) is 9.78 Å². The molecule has 2 aromatic heterocycles. The molecule has 0 fully saturated rings. The number of H-pyrrole nitrogens is 1. The molecule has 0 aliphatic heterocycles. The highest BCUT2D eigenvalue weighted by molar-refractivity contribution is 5.73. The highest BCUT2D eigenvalue weighted by atomic mass is 16.1. The Balaban J connectivity index is 2.31. The molecule has 0 aliphatic carbocycles. The van der Waals surface area contributed by atoms with Gasteiger partial charge < -0.3 is 11.1 Å². The molecule has 0 unspecified atom stereocenters. The summed E-state index contributed by atoms with van der Waals surface area (Å²) in [6, 6.07) is 3.50. The summed E-state index contributed by atoms with van der Waals surface area (Å²) in [6.45, 7) is 1.29. The van der Waals surface area contributed by atoms with Crippen LogP contribution >= 0.6 is 0 Å². The van der Waals surface area contributed by atoms with E-state index in [4.69, 9.17) is 5.73 Å². The third kappa shape index (κ3) is 2.17. The van der Waals surface area contributed by atoms with E-state index in [2.05, 4.69) is 20.3 Å². The van der Waals surface area contributed by atoms with Crippen LogP contribution in [0, 0.1) is 0 Å². The maximum absolute atomic E-state index is 11.6. The average molecular weight is 219 g/mol. The Bertz CT molecular complexity index is 536. The Labute approximate surface area is 91.9 Å². The molecule has 4 N–H and O–H groups in total. The van der Waals surface area contributed by atoms with Crippen molar-refractivity contribution in [3.63, 3.8) is 0 Å². The zero-order chi connectivity index (χ0) is 11.4. The predicted octanol–water partition coefficient (Wildman–Crippen LogP) is 0.0788. The Morgan fingerprint density at radius 1 is 1.50 bits per heavy atom. The second-order valence-corrected chi connectivity index (χ2v) is 3.35. The number of nitrogens with two attached hydrogens (primary N) is 1. The van der Waals surface area contributed by atoms with E-state index in [1.54, 1.807) is 18.3 Å². The molecule has 2 aromatic rings. The predicted molar refractivity (Wildman–Crippen MR) is 62.3 cm³/mol. The summed E-state index contributed by atoms with van der Waals surface area (Å²) >= 11 is 0. The molecule has 16 heavy (non-hydrogen) atoms. The number of nitrogens with one attached hydrogen (secondary N) is 2. The number of anilines is 1. The second-order valence-electron chi connectivity index (χ2n) is 3.35. The van der Waals surface area contributed by atoms with Crippen LogP contribution in [0.25, 0.3) is 11.0 Å². The highest BCUT2D eigenvalue weighted by Crippen LogP contribution is 2.04. The topological polar surface area (TPSA) is 96.7 Å². The van der Waals surface area contributed by atoms with Crippen molar-refractivity contribution >= 4 is 17.0 Å². The van der Waals surface area contributed by atoms with Crippen molar-refractivity contribution in [1.82, 2.24) is 15.0 Å². The van der Waals surface area contributed by atoms with Crippen molar-refractivity contribution in [1.29, 1.82) is 0 Å². The van der Waals surface area contributed by atoms with E-state index in [-0.39, 0.29) is 5.56 Å². The first-order chi connectivity index (χ1) is 7.81. The van der Waals surface area contributed by atoms with E-state index in [0.717, 1.165) is 6.42 Å². The zero-order valence-corrected chi connectivity index (χ0v) is 8.73. The summed E-state index contributed by atoms with van der Waals surface area (Å²) in [5, 5.41) is 3.00. The van der Waals surface area contributed by atoms with Crippen LogP contribution in [0.5, 0.6) is 0 Å². The molecule has 0 aromatic carbocycles. The Kier molecular flexibility index (Phi) is 3.11. The van der Waals surface area contributed by atoms with E-state index in [0.29, 0.717) is 30.1 Å². The lowest BCUT2D eigenvalue weighted by molar-refractivity contribution is 0.864. The number of nitrogens with zero attached hydrogens (tertiary/aromatic N) is 2. The van der Waals surface area contributed by atoms with Gasteiger partial charge in [-0.05, 0) is 25.1 Å². The van der Waals surface area contributed by atoms with Gasteiger partial charge >= 0.3 is 0 Å². The van der Waals surface area contributed by atoms with E-state index in [9.17, 15) is 4.79 Å². The monoisotopic (exact) mass is 219 g/mol. The number of rotatable bonds is 4. The van der Waals surface area contributed by atoms with E-state index < -0.39 is 0 Å². The number of aromatic nitrogens is 3. The molecule has 0 saturated heterocycles. The normalized spacial score (nSPS) is 10.6. The van der Waals surface area contributed by atoms with Crippen molar-refractivity contribution in [3.8, 4) is 0 Å². The van der Waals surface area contributed by atoms with Gasteiger partial charge in [-0.25, -0.2) is 9.97 Å². The molecule has 2 rings (SSSR count). The number of hydrogen-bond acceptors (Lipinski definition) is 5. The lowest BCUT2D eigenvalue weighted by Gasteiger charge is -2.04. The molecule has 2 heterocycles. The molecule has 84 valence electrons. The molecule has 0 spiro atoms. The minimum absolute atomic E-state index is 0.235. The van der Waals surface area contributed by atoms with Gasteiger partial charge in [0.05, 0.1) is 5.52 Å². The van der Waals surface area contributed by atoms with Gasteiger partial charge in [0.2, 0.25) is 5.95 Å². The van der Waals surface area contributed by atoms with Gasteiger partial charge in [-0.15, -0.1) is 0 Å². The fourth-order valence-corrected chi connectivity index (χ4v) is 1.37. The number of aromatic amines is 1. The summed E-state index contributed by atoms with van der Waals surface area (Å²) in [7, 11) is 0. The molecule has 0 saturated carbocycles. The van der Waals surface area contributed by atoms with Gasteiger partial charge in [-0.1, -0.05) is 0 Å². The largest absolute Gasteiger partial charge is 0.356 e. The first kappa shape index (κ1) is 10.6. The lowest BCUT2D eigenvalue weighted by atomic mass is 10.4. The highest BCUT2D eigenvalue weighted by Gasteiger charge is 2.02. The summed E-state index contributed by atoms with van der Waals surface area (Å²) in [5.74, 6) is 0.457. The molecule has 0 aliphatic rings. The van der Waals surface area contributed by atoms with Crippen LogP contribution < -0.4 is 16.6 Å². The fraction of sp³-hybridized carbons (Fsp3) is 0.300. The van der Waals surface area contributed by atoms with Gasteiger partial charge in [0.15, 0.2) is 5.52 Å². The lowest BCUT2D eigenvalue weighted by Crippen LogP contribution is -2.16. The van der Waals surface area contributed by atoms with Crippen LogP contribution in [-0.4, -0.2) is 28.0 Å². The van der Waals surface area contributed by atoms with Crippen LogP contribution in [0.3, 0.4) is 0 Å². The average Bonchev–Trinajstić information content (AvgIpc) is 2.30. The number of fused-ring (bicyclic) bond motifs is 1. The third-order valence-electron chi connectivity index (χ3n) is 2.14. The summed E-state index contributed by atoms with van der Waals surface area (Å²) in [6.07, 6.45) is 2.40. The van der Waals surface area contributed by atoms with Crippen LogP contribution in [0.1, 0.15) is 6.42 Å². The van der Waals surface area contributed by atoms with Crippen molar-refractivity contribution in [3.05, 3.63) is 28.7 Å². The van der Waals surface area contributed by atoms with Gasteiger partial charge in [0.25, 0.3) is 5.56 Å². The standard InChI is InChI=1S/C10H13N5O/c11-4-2-6-13-10-14-7-3-1-5-12-8(7)9(16)15-10/h1,3,5H,2,4,6,11H2,(H2,13,14,15,16). The van der Waals surface area contributed by atoms with Gasteiger partial charge in [0, 0.05) is 12.7 Å². The molecule has 0 radical (unpaired) electrons. The van der Waals surface area contributed by atoms with Gasteiger partial charge in [-0.2, -0.15) is 0 Å². The summed E-state index contributed by atoms with van der Waals surface area (Å²) in [5.41, 5.74) is 6.07. The maximum atomic E-state index is 11.6. The molecular formula is C10H13N5O. The summed E-state index contributed by atoms with van der Waals surface area (Å²) < 4.78 is 0. The minimum Gasteiger partial charge on any atom is -0.356 e. The summed E-state index contributed by atoms with van der Waals surface area (Å²) in [4.78, 5) is 22.4. The van der Waals surface area contributed by atoms with Gasteiger partial charge in [0.1, 0.15) is 0 Å². The SMILES string of the molecule is NCCCNc1nc2cccnc2c(=O)[nH]1. The number of hydrogen-bond donors (Lipinski definition) is 3. The van der Waals surface area contributed by atoms with E-state index >= 15 is 0 Å². The molecular weight excluding hydrogens is 206 g/mol. The molecule has 6 nitrogen and oxygen atoms in total. The van der Waals surface area contributed by atoms with E-state index in [1.807, 2.05) is 0 Å². The van der Waals surface area contributed by atoms with E-state index in [1.165, 1.54) is 0 Å². The Morgan fingerprint density at radius 2 is 2.38 bits per heavy atom. The zero-order valence-electron chi connectivity index (χ0n) is 8.73. The molecule has 6 heteroatoms. The van der Waals surface area contributed by atoms with Crippen molar-refractivity contribution in [2.24, 2.45) is 5.73 Å². The quantitative estimate of drug-likeness (QED) is 0.633. The minimum atomic E-state index is -0.235. The van der Waals surface area contributed by atoms with Crippen LogP contribution in [0.2, 0.25) is 0 Å². The second kappa shape index (κ2) is 4.71. The fourth-order valence-electron chi connectivity index (χ4n) is 1.37. The smallest absolute Gasteiger partial charge is 0.278 e. The first-order valence-corrected chi connectivity index (χ1v) is 5.10. The Morgan fingerprint density at radius 3 is 3.19 bits per heavy atom. The molecule has 0 amide bonds. The molecule has 0 bridgehead atoms. The van der Waals surface area contributed by atoms with Crippen molar-refractivity contribution < 1.29 is 0 Å². The third-order valence-corrected chi connectivity index (χ3v) is 2.14.